The van der Waals surface area contributed by atoms with E-state index in [1.54, 1.807) is 0 Å². The molecule has 3 aromatic rings. The Labute approximate surface area is 108 Å². The van der Waals surface area contributed by atoms with E-state index in [2.05, 4.69) is 50.3 Å². The van der Waals surface area contributed by atoms with Crippen molar-refractivity contribution in [3.63, 3.8) is 0 Å². The maximum atomic E-state index is 4.36. The van der Waals surface area contributed by atoms with Gasteiger partial charge in [-0.3, -0.25) is 4.98 Å². The quantitative estimate of drug-likeness (QED) is 0.760. The Kier molecular flexibility index (Phi) is 2.69. The highest BCUT2D eigenvalue weighted by Gasteiger charge is 2.07. The lowest BCUT2D eigenvalue weighted by Gasteiger charge is -2.00. The third kappa shape index (κ3) is 1.98. The zero-order chi connectivity index (χ0) is 11.7. The molecule has 0 spiro atoms. The molecule has 1 N–H and O–H groups in total. The second-order valence-electron chi connectivity index (χ2n) is 3.97. The molecule has 0 atom stereocenters. The Morgan fingerprint density at radius 2 is 2.06 bits per heavy atom. The first-order valence-electron chi connectivity index (χ1n) is 5.49. The summed E-state index contributed by atoms with van der Waals surface area (Å²) < 4.78 is 1.13. The number of aromatic amines is 1. The van der Waals surface area contributed by atoms with Crippen LogP contribution in [0, 0.1) is 0 Å². The van der Waals surface area contributed by atoms with Crippen LogP contribution in [0.3, 0.4) is 0 Å². The van der Waals surface area contributed by atoms with E-state index in [4.69, 9.17) is 0 Å². The van der Waals surface area contributed by atoms with E-state index in [9.17, 15) is 0 Å². The SMILES string of the molecule is Brc1cccc2[nH]cc(Cc3ccccn3)c12. The van der Waals surface area contributed by atoms with Crippen molar-refractivity contribution in [2.75, 3.05) is 0 Å². The minimum atomic E-state index is 0.851. The first kappa shape index (κ1) is 10.5. The third-order valence-corrected chi connectivity index (χ3v) is 3.50. The molecule has 0 saturated carbocycles. The van der Waals surface area contributed by atoms with Gasteiger partial charge in [0.2, 0.25) is 0 Å². The summed E-state index contributed by atoms with van der Waals surface area (Å²) in [7, 11) is 0. The molecule has 84 valence electrons. The molecule has 0 radical (unpaired) electrons. The van der Waals surface area contributed by atoms with E-state index >= 15 is 0 Å². The molecule has 1 aromatic carbocycles. The molecule has 3 rings (SSSR count). The second-order valence-corrected chi connectivity index (χ2v) is 4.83. The Morgan fingerprint density at radius 3 is 2.88 bits per heavy atom. The van der Waals surface area contributed by atoms with Crippen LogP contribution >= 0.6 is 15.9 Å². The van der Waals surface area contributed by atoms with Crippen molar-refractivity contribution < 1.29 is 0 Å². The number of aromatic nitrogens is 2. The van der Waals surface area contributed by atoms with Gasteiger partial charge in [0.15, 0.2) is 0 Å². The van der Waals surface area contributed by atoms with Gasteiger partial charge in [0, 0.05) is 39.9 Å². The predicted octanol–water partition coefficient (Wildman–Crippen LogP) is 3.92. The smallest absolute Gasteiger partial charge is 0.0468 e. The molecule has 2 aromatic heterocycles. The van der Waals surface area contributed by atoms with E-state index < -0.39 is 0 Å². The first-order chi connectivity index (χ1) is 8.34. The van der Waals surface area contributed by atoms with Crippen LogP contribution in [-0.2, 0) is 6.42 Å². The second kappa shape index (κ2) is 4.34. The predicted molar refractivity (Wildman–Crippen MR) is 73.0 cm³/mol. The molecule has 0 amide bonds. The van der Waals surface area contributed by atoms with Crippen molar-refractivity contribution in [2.24, 2.45) is 0 Å². The van der Waals surface area contributed by atoms with Gasteiger partial charge in [-0.2, -0.15) is 0 Å². The lowest BCUT2D eigenvalue weighted by Crippen LogP contribution is -1.89. The van der Waals surface area contributed by atoms with Gasteiger partial charge in [-0.25, -0.2) is 0 Å². The van der Waals surface area contributed by atoms with Crippen LogP contribution in [0.25, 0.3) is 10.9 Å². The van der Waals surface area contributed by atoms with Crippen LogP contribution in [0.2, 0.25) is 0 Å². The van der Waals surface area contributed by atoms with Crippen LogP contribution in [0.4, 0.5) is 0 Å². The van der Waals surface area contributed by atoms with Gasteiger partial charge in [0.25, 0.3) is 0 Å². The fourth-order valence-corrected chi connectivity index (χ4v) is 2.67. The Bertz CT molecular complexity index is 644. The topological polar surface area (TPSA) is 28.7 Å². The highest BCUT2D eigenvalue weighted by molar-refractivity contribution is 9.10. The molecule has 0 bridgehead atoms. The van der Waals surface area contributed by atoms with Gasteiger partial charge in [-0.15, -0.1) is 0 Å². The zero-order valence-electron chi connectivity index (χ0n) is 9.15. The number of fused-ring (bicyclic) bond motifs is 1. The summed E-state index contributed by atoms with van der Waals surface area (Å²) in [6.45, 7) is 0. The monoisotopic (exact) mass is 286 g/mol. The van der Waals surface area contributed by atoms with Gasteiger partial charge in [-0.05, 0) is 29.8 Å². The number of nitrogens with one attached hydrogen (secondary N) is 1. The summed E-state index contributed by atoms with van der Waals surface area (Å²) in [5.74, 6) is 0. The minimum Gasteiger partial charge on any atom is -0.361 e. The van der Waals surface area contributed by atoms with E-state index in [0.717, 1.165) is 22.1 Å². The summed E-state index contributed by atoms with van der Waals surface area (Å²) in [5.41, 5.74) is 3.51. The number of nitrogens with zero attached hydrogens (tertiary/aromatic N) is 1. The molecule has 0 aliphatic carbocycles. The molecular formula is C14H11BrN2. The van der Waals surface area contributed by atoms with Crippen LogP contribution in [0.5, 0.6) is 0 Å². The van der Waals surface area contributed by atoms with Crippen molar-refractivity contribution in [1.82, 2.24) is 9.97 Å². The van der Waals surface area contributed by atoms with E-state index in [0.29, 0.717) is 0 Å². The van der Waals surface area contributed by atoms with E-state index in [1.165, 1.54) is 10.9 Å². The summed E-state index contributed by atoms with van der Waals surface area (Å²) in [6, 6.07) is 12.2. The van der Waals surface area contributed by atoms with Gasteiger partial charge < -0.3 is 4.98 Å². The summed E-state index contributed by atoms with van der Waals surface area (Å²) in [6.07, 6.45) is 4.74. The highest BCUT2D eigenvalue weighted by Crippen LogP contribution is 2.28. The number of hydrogen-bond donors (Lipinski definition) is 1. The normalized spacial score (nSPS) is 10.9. The van der Waals surface area contributed by atoms with E-state index in [-0.39, 0.29) is 0 Å². The molecule has 17 heavy (non-hydrogen) atoms. The van der Waals surface area contributed by atoms with Crippen molar-refractivity contribution >= 4 is 26.8 Å². The van der Waals surface area contributed by atoms with Gasteiger partial charge in [-0.1, -0.05) is 28.1 Å². The molecule has 2 heterocycles. The molecule has 2 nitrogen and oxygen atoms in total. The van der Waals surface area contributed by atoms with Crippen LogP contribution in [0.1, 0.15) is 11.3 Å². The lowest BCUT2D eigenvalue weighted by molar-refractivity contribution is 1.08. The fourth-order valence-electron chi connectivity index (χ4n) is 2.05. The molecule has 0 aliphatic rings. The largest absolute Gasteiger partial charge is 0.361 e. The van der Waals surface area contributed by atoms with Crippen LogP contribution < -0.4 is 0 Å². The minimum absolute atomic E-state index is 0.851. The average Bonchev–Trinajstić information content (AvgIpc) is 2.75. The van der Waals surface area contributed by atoms with Crippen LogP contribution in [0.15, 0.2) is 53.3 Å². The molecule has 0 saturated heterocycles. The number of H-pyrrole nitrogens is 1. The number of pyridine rings is 1. The molecule has 0 fully saturated rings. The van der Waals surface area contributed by atoms with Crippen LogP contribution in [-0.4, -0.2) is 9.97 Å². The summed E-state index contributed by atoms with van der Waals surface area (Å²) in [4.78, 5) is 7.65. The van der Waals surface area contributed by atoms with Crippen molar-refractivity contribution in [3.05, 3.63) is 64.5 Å². The number of hydrogen-bond acceptors (Lipinski definition) is 1. The standard InChI is InChI=1S/C14H11BrN2/c15-12-5-3-6-13-14(12)10(9-17-13)8-11-4-1-2-7-16-11/h1-7,9,17H,8H2. The van der Waals surface area contributed by atoms with Gasteiger partial charge >= 0.3 is 0 Å². The Hall–Kier alpha value is -1.61. The molecule has 0 unspecified atom stereocenters. The molecule has 3 heteroatoms. The fraction of sp³-hybridized carbons (Fsp3) is 0.0714. The Balaban J connectivity index is 2.07. The third-order valence-electron chi connectivity index (χ3n) is 2.83. The number of benzene rings is 1. The Morgan fingerprint density at radius 1 is 1.12 bits per heavy atom. The van der Waals surface area contributed by atoms with Gasteiger partial charge in [0.1, 0.15) is 0 Å². The number of halogens is 1. The van der Waals surface area contributed by atoms with Crippen molar-refractivity contribution in [1.29, 1.82) is 0 Å². The van der Waals surface area contributed by atoms with Gasteiger partial charge in [0.05, 0.1) is 0 Å². The van der Waals surface area contributed by atoms with Crippen molar-refractivity contribution in [2.45, 2.75) is 6.42 Å². The zero-order valence-corrected chi connectivity index (χ0v) is 10.7. The average molecular weight is 287 g/mol. The van der Waals surface area contributed by atoms with E-state index in [1.807, 2.05) is 24.4 Å². The maximum Gasteiger partial charge on any atom is 0.0468 e. The summed E-state index contributed by atoms with van der Waals surface area (Å²) in [5, 5.41) is 1.25. The van der Waals surface area contributed by atoms with Crippen molar-refractivity contribution in [3.8, 4) is 0 Å². The lowest BCUT2D eigenvalue weighted by atomic mass is 10.1. The molecule has 0 aliphatic heterocycles. The first-order valence-corrected chi connectivity index (χ1v) is 6.28. The summed E-state index contributed by atoms with van der Waals surface area (Å²) >= 11 is 3.60. The molecular weight excluding hydrogens is 276 g/mol. The maximum absolute atomic E-state index is 4.36. The highest BCUT2D eigenvalue weighted by atomic mass is 79.9. The number of rotatable bonds is 2.